The molecule has 0 saturated heterocycles. The zero-order chi connectivity index (χ0) is 14.1. The third-order valence-corrected chi connectivity index (χ3v) is 3.82. The first-order valence-electron chi connectivity index (χ1n) is 6.72. The molecule has 6 heteroatoms. The molecule has 6 nitrogen and oxygen atoms in total. The molecule has 3 rings (SSSR count). The van der Waals surface area contributed by atoms with Crippen molar-refractivity contribution in [2.45, 2.75) is 19.4 Å². The van der Waals surface area contributed by atoms with Crippen LogP contribution in [-0.2, 0) is 13.0 Å². The molecule has 2 heterocycles. The van der Waals surface area contributed by atoms with Gasteiger partial charge in [0.05, 0.1) is 12.7 Å². The van der Waals surface area contributed by atoms with Crippen LogP contribution >= 0.6 is 0 Å². The molecule has 0 aliphatic carbocycles. The van der Waals surface area contributed by atoms with Gasteiger partial charge in [-0.1, -0.05) is 0 Å². The first-order chi connectivity index (χ1) is 9.72. The minimum absolute atomic E-state index is 0.177. The highest BCUT2D eigenvalue weighted by molar-refractivity contribution is 5.66. The van der Waals surface area contributed by atoms with E-state index in [-0.39, 0.29) is 5.75 Å². The zero-order valence-corrected chi connectivity index (χ0v) is 11.4. The van der Waals surface area contributed by atoms with E-state index in [9.17, 15) is 5.11 Å². The highest BCUT2D eigenvalue weighted by Gasteiger charge is 2.24. The summed E-state index contributed by atoms with van der Waals surface area (Å²) in [6.07, 6.45) is 1.92. The van der Waals surface area contributed by atoms with Gasteiger partial charge in [-0.15, -0.1) is 10.2 Å². The Morgan fingerprint density at radius 3 is 3.05 bits per heavy atom. The molecule has 1 aromatic heterocycles. The van der Waals surface area contributed by atoms with E-state index in [0.717, 1.165) is 25.2 Å². The molecule has 3 N–H and O–H groups in total. The van der Waals surface area contributed by atoms with Crippen molar-refractivity contribution in [1.82, 2.24) is 14.8 Å². The molecule has 1 unspecified atom stereocenters. The van der Waals surface area contributed by atoms with Crippen molar-refractivity contribution in [1.29, 1.82) is 0 Å². The number of aryl methyl sites for hydroxylation is 1. The van der Waals surface area contributed by atoms with Crippen LogP contribution < -0.4 is 10.5 Å². The van der Waals surface area contributed by atoms with Crippen LogP contribution in [0.2, 0.25) is 0 Å². The van der Waals surface area contributed by atoms with E-state index in [4.69, 9.17) is 10.5 Å². The average molecular weight is 274 g/mol. The minimum Gasteiger partial charge on any atom is -0.507 e. The molecule has 0 fully saturated rings. The fourth-order valence-electron chi connectivity index (χ4n) is 2.61. The Morgan fingerprint density at radius 2 is 2.30 bits per heavy atom. The molecule has 1 aliphatic heterocycles. The zero-order valence-electron chi connectivity index (χ0n) is 11.4. The van der Waals surface area contributed by atoms with Crippen LogP contribution in [0.5, 0.6) is 11.5 Å². The first kappa shape index (κ1) is 12.9. The summed E-state index contributed by atoms with van der Waals surface area (Å²) in [4.78, 5) is 0. The van der Waals surface area contributed by atoms with Crippen LogP contribution in [0.3, 0.4) is 0 Å². The number of benzene rings is 1. The van der Waals surface area contributed by atoms with Gasteiger partial charge in [0.2, 0.25) is 0 Å². The van der Waals surface area contributed by atoms with Gasteiger partial charge in [-0.25, -0.2) is 0 Å². The van der Waals surface area contributed by atoms with Crippen molar-refractivity contribution in [3.8, 4) is 22.9 Å². The molecule has 0 bridgehead atoms. The number of nitrogens with zero attached hydrogens (tertiary/aromatic N) is 3. The van der Waals surface area contributed by atoms with Crippen LogP contribution in [0, 0.1) is 5.92 Å². The predicted octanol–water partition coefficient (Wildman–Crippen LogP) is 1.18. The number of hydrogen-bond donors (Lipinski definition) is 2. The number of methoxy groups -OCH3 is 1. The number of phenols is 1. The number of nitrogens with two attached hydrogens (primary N) is 1. The lowest BCUT2D eigenvalue weighted by molar-refractivity contribution is 0.375. The number of aromatic nitrogens is 3. The monoisotopic (exact) mass is 274 g/mol. The van der Waals surface area contributed by atoms with Crippen molar-refractivity contribution in [2.24, 2.45) is 11.7 Å². The third-order valence-electron chi connectivity index (χ3n) is 3.82. The Bertz CT molecular complexity index is 624. The fraction of sp³-hybridized carbons (Fsp3) is 0.429. The second-order valence-corrected chi connectivity index (χ2v) is 5.07. The number of hydrogen-bond acceptors (Lipinski definition) is 5. The summed E-state index contributed by atoms with van der Waals surface area (Å²) in [7, 11) is 1.60. The number of aromatic hydroxyl groups is 1. The van der Waals surface area contributed by atoms with E-state index < -0.39 is 0 Å². The van der Waals surface area contributed by atoms with E-state index in [1.807, 2.05) is 0 Å². The first-order valence-corrected chi connectivity index (χ1v) is 6.72. The SMILES string of the molecule is COc1ccc(O)c(-c2nnc3n2CC(CN)CC3)c1. The smallest absolute Gasteiger partial charge is 0.167 e. The maximum absolute atomic E-state index is 10.1. The lowest BCUT2D eigenvalue weighted by Crippen LogP contribution is -2.26. The van der Waals surface area contributed by atoms with Gasteiger partial charge < -0.3 is 20.1 Å². The lowest BCUT2D eigenvalue weighted by atomic mass is 9.99. The standard InChI is InChI=1S/C14H18N4O2/c1-20-10-3-4-12(19)11(6-10)14-17-16-13-5-2-9(7-15)8-18(13)14/h3-4,6,9,19H,2,5,7-8,15H2,1H3. The summed E-state index contributed by atoms with van der Waals surface area (Å²) < 4.78 is 7.26. The quantitative estimate of drug-likeness (QED) is 0.877. The summed E-state index contributed by atoms with van der Waals surface area (Å²) >= 11 is 0. The molecule has 0 spiro atoms. The van der Waals surface area contributed by atoms with Gasteiger partial charge in [-0.2, -0.15) is 0 Å². The largest absolute Gasteiger partial charge is 0.507 e. The highest BCUT2D eigenvalue weighted by atomic mass is 16.5. The topological polar surface area (TPSA) is 86.2 Å². The molecular weight excluding hydrogens is 256 g/mol. The van der Waals surface area contributed by atoms with Crippen LogP contribution in [0.15, 0.2) is 18.2 Å². The van der Waals surface area contributed by atoms with E-state index >= 15 is 0 Å². The second-order valence-electron chi connectivity index (χ2n) is 5.07. The summed E-state index contributed by atoms with van der Waals surface area (Å²) in [6, 6.07) is 5.10. The summed E-state index contributed by atoms with van der Waals surface area (Å²) in [6.45, 7) is 1.45. The van der Waals surface area contributed by atoms with E-state index in [2.05, 4.69) is 14.8 Å². The molecule has 106 valence electrons. The molecule has 1 aliphatic rings. The van der Waals surface area contributed by atoms with Gasteiger partial charge in [0.1, 0.15) is 17.3 Å². The lowest BCUT2D eigenvalue weighted by Gasteiger charge is -2.23. The Kier molecular flexibility index (Phi) is 3.31. The molecule has 0 radical (unpaired) electrons. The number of rotatable bonds is 3. The van der Waals surface area contributed by atoms with Crippen molar-refractivity contribution < 1.29 is 9.84 Å². The summed E-state index contributed by atoms with van der Waals surface area (Å²) in [5.74, 6) is 2.92. The normalized spacial score (nSPS) is 17.8. The Morgan fingerprint density at radius 1 is 1.45 bits per heavy atom. The molecule has 0 saturated carbocycles. The van der Waals surface area contributed by atoms with Gasteiger partial charge in [0, 0.05) is 13.0 Å². The van der Waals surface area contributed by atoms with Crippen LogP contribution in [0.4, 0.5) is 0 Å². The van der Waals surface area contributed by atoms with Crippen LogP contribution in [0.1, 0.15) is 12.2 Å². The number of ether oxygens (including phenoxy) is 1. The van der Waals surface area contributed by atoms with E-state index in [1.165, 1.54) is 0 Å². The van der Waals surface area contributed by atoms with Crippen LogP contribution in [-0.4, -0.2) is 33.5 Å². The van der Waals surface area contributed by atoms with Gasteiger partial charge in [0.15, 0.2) is 5.82 Å². The number of phenolic OH excluding ortho intramolecular Hbond substituents is 1. The summed E-state index contributed by atoms with van der Waals surface area (Å²) in [5.41, 5.74) is 6.41. The van der Waals surface area contributed by atoms with E-state index in [0.29, 0.717) is 29.6 Å². The highest BCUT2D eigenvalue weighted by Crippen LogP contribution is 2.33. The Hall–Kier alpha value is -2.08. The molecule has 0 amide bonds. The van der Waals surface area contributed by atoms with E-state index in [1.54, 1.807) is 25.3 Å². The van der Waals surface area contributed by atoms with Crippen molar-refractivity contribution in [2.75, 3.05) is 13.7 Å². The molecule has 20 heavy (non-hydrogen) atoms. The maximum Gasteiger partial charge on any atom is 0.167 e. The third kappa shape index (κ3) is 2.12. The molecule has 1 aromatic carbocycles. The maximum atomic E-state index is 10.1. The molecule has 2 aromatic rings. The Labute approximate surface area is 117 Å². The molecule has 1 atom stereocenters. The van der Waals surface area contributed by atoms with Crippen LogP contribution in [0.25, 0.3) is 11.4 Å². The van der Waals surface area contributed by atoms with Gasteiger partial charge >= 0.3 is 0 Å². The summed E-state index contributed by atoms with van der Waals surface area (Å²) in [5, 5.41) is 18.5. The van der Waals surface area contributed by atoms with Crippen molar-refractivity contribution in [3.63, 3.8) is 0 Å². The van der Waals surface area contributed by atoms with Crippen molar-refractivity contribution in [3.05, 3.63) is 24.0 Å². The van der Waals surface area contributed by atoms with Crippen molar-refractivity contribution >= 4 is 0 Å². The average Bonchev–Trinajstić information content (AvgIpc) is 2.90. The van der Waals surface area contributed by atoms with Gasteiger partial charge in [0.25, 0.3) is 0 Å². The Balaban J connectivity index is 2.05. The predicted molar refractivity (Wildman–Crippen MR) is 74.5 cm³/mol. The fourth-order valence-corrected chi connectivity index (χ4v) is 2.61. The number of fused-ring (bicyclic) bond motifs is 1. The molecular formula is C14H18N4O2. The van der Waals surface area contributed by atoms with Gasteiger partial charge in [-0.05, 0) is 37.1 Å². The second kappa shape index (κ2) is 5.13. The van der Waals surface area contributed by atoms with Gasteiger partial charge in [-0.3, -0.25) is 0 Å². The minimum atomic E-state index is 0.177.